The summed E-state index contributed by atoms with van der Waals surface area (Å²) in [6, 6.07) is 3.94. The molecule has 1 aromatic heterocycles. The van der Waals surface area contributed by atoms with Crippen LogP contribution in [0.1, 0.15) is 23.8 Å². The molecule has 1 aromatic rings. The van der Waals surface area contributed by atoms with Crippen LogP contribution in [0.2, 0.25) is 0 Å². The molecule has 2 fully saturated rings. The predicted molar refractivity (Wildman–Crippen MR) is 86.5 cm³/mol. The van der Waals surface area contributed by atoms with E-state index in [1.807, 2.05) is 41.2 Å². The van der Waals surface area contributed by atoms with Gasteiger partial charge in [-0.1, -0.05) is 6.07 Å². The fourth-order valence-corrected chi connectivity index (χ4v) is 5.00. The minimum absolute atomic E-state index is 0.0885. The van der Waals surface area contributed by atoms with Crippen LogP contribution in [-0.2, 0) is 9.59 Å². The predicted octanol–water partition coefficient (Wildman–Crippen LogP) is 2.23. The third-order valence-electron chi connectivity index (χ3n) is 4.34. The van der Waals surface area contributed by atoms with Crippen LogP contribution < -0.4 is 0 Å². The highest BCUT2D eigenvalue weighted by Gasteiger charge is 2.41. The molecule has 3 rings (SSSR count). The Kier molecular flexibility index (Phi) is 4.54. The Morgan fingerprint density at radius 3 is 2.76 bits per heavy atom. The van der Waals surface area contributed by atoms with Crippen molar-refractivity contribution in [2.75, 3.05) is 31.6 Å². The minimum atomic E-state index is -0.0895. The Hall–Kier alpha value is -1.01. The topological polar surface area (TPSA) is 40.6 Å². The van der Waals surface area contributed by atoms with E-state index in [9.17, 15) is 9.59 Å². The zero-order valence-corrected chi connectivity index (χ0v) is 13.8. The first-order valence-corrected chi connectivity index (χ1v) is 9.37. The summed E-state index contributed by atoms with van der Waals surface area (Å²) in [7, 11) is 1.83. The van der Waals surface area contributed by atoms with Gasteiger partial charge < -0.3 is 9.80 Å². The Morgan fingerprint density at radius 1 is 1.33 bits per heavy atom. The van der Waals surface area contributed by atoms with Gasteiger partial charge in [-0.3, -0.25) is 9.59 Å². The van der Waals surface area contributed by atoms with Gasteiger partial charge >= 0.3 is 0 Å². The first-order chi connectivity index (χ1) is 10.2. The van der Waals surface area contributed by atoms with Crippen molar-refractivity contribution in [2.24, 2.45) is 5.92 Å². The van der Waals surface area contributed by atoms with E-state index in [-0.39, 0.29) is 23.8 Å². The largest absolute Gasteiger partial charge is 0.341 e. The van der Waals surface area contributed by atoms with Crippen LogP contribution in [0.3, 0.4) is 0 Å². The van der Waals surface area contributed by atoms with E-state index in [2.05, 4.69) is 0 Å². The number of rotatable bonds is 2. The average Bonchev–Trinajstić information content (AvgIpc) is 3.04. The second kappa shape index (κ2) is 6.40. The number of likely N-dealkylation sites (tertiary alicyclic amines) is 1. The van der Waals surface area contributed by atoms with E-state index in [1.54, 1.807) is 16.2 Å². The fourth-order valence-electron chi connectivity index (χ4n) is 3.16. The summed E-state index contributed by atoms with van der Waals surface area (Å²) in [4.78, 5) is 29.8. The van der Waals surface area contributed by atoms with Crippen molar-refractivity contribution in [3.8, 4) is 0 Å². The van der Waals surface area contributed by atoms with Crippen molar-refractivity contribution >= 4 is 34.9 Å². The molecule has 21 heavy (non-hydrogen) atoms. The molecule has 2 aliphatic heterocycles. The molecule has 0 N–H and O–H groups in total. The summed E-state index contributed by atoms with van der Waals surface area (Å²) in [5.74, 6) is 2.34. The second-order valence-corrected chi connectivity index (χ2v) is 7.75. The number of carbonyl (C=O) groups is 2. The minimum Gasteiger partial charge on any atom is -0.341 e. The average molecular weight is 324 g/mol. The summed E-state index contributed by atoms with van der Waals surface area (Å²) in [6.07, 6.45) is 1.16. The van der Waals surface area contributed by atoms with Gasteiger partial charge in [-0.25, -0.2) is 0 Å². The van der Waals surface area contributed by atoms with Crippen LogP contribution in [0.5, 0.6) is 0 Å². The van der Waals surface area contributed by atoms with E-state index < -0.39 is 0 Å². The van der Waals surface area contributed by atoms with Gasteiger partial charge in [0.2, 0.25) is 11.8 Å². The standard InChI is InChI=1S/C15H20N2O2S2/c1-16-13(18)5-4-11(14(16)12-3-2-8-21-12)15(19)17-6-9-20-10-7-17/h2-3,8,11,14H,4-7,9-10H2,1H3/t11-,14-/m1/s1. The first kappa shape index (κ1) is 14.9. The molecule has 0 aliphatic carbocycles. The summed E-state index contributed by atoms with van der Waals surface area (Å²) < 4.78 is 0. The monoisotopic (exact) mass is 324 g/mol. The number of amides is 2. The molecular formula is C15H20N2O2S2. The number of piperidine rings is 1. The molecule has 0 aromatic carbocycles. The van der Waals surface area contributed by atoms with E-state index in [1.165, 1.54) is 0 Å². The summed E-state index contributed by atoms with van der Waals surface area (Å²) in [5.41, 5.74) is 0. The van der Waals surface area contributed by atoms with Gasteiger partial charge in [0.05, 0.1) is 12.0 Å². The third kappa shape index (κ3) is 2.97. The van der Waals surface area contributed by atoms with E-state index >= 15 is 0 Å². The van der Waals surface area contributed by atoms with Crippen LogP contribution in [0.25, 0.3) is 0 Å². The maximum atomic E-state index is 12.9. The van der Waals surface area contributed by atoms with Crippen molar-refractivity contribution in [1.29, 1.82) is 0 Å². The second-order valence-electron chi connectivity index (χ2n) is 5.55. The molecule has 2 saturated heterocycles. The van der Waals surface area contributed by atoms with Gasteiger partial charge in [0, 0.05) is 42.9 Å². The van der Waals surface area contributed by atoms with Gasteiger partial charge in [0.15, 0.2) is 0 Å². The Balaban J connectivity index is 1.84. The van der Waals surface area contributed by atoms with Crippen molar-refractivity contribution in [1.82, 2.24) is 9.80 Å². The van der Waals surface area contributed by atoms with E-state index in [4.69, 9.17) is 0 Å². The molecule has 3 heterocycles. The molecule has 2 amide bonds. The SMILES string of the molecule is CN1C(=O)CC[C@@H](C(=O)N2CCSCC2)[C@@H]1c1cccs1. The number of hydrogen-bond acceptors (Lipinski definition) is 4. The van der Waals surface area contributed by atoms with Crippen LogP contribution in [0, 0.1) is 5.92 Å². The van der Waals surface area contributed by atoms with Crippen molar-refractivity contribution in [3.05, 3.63) is 22.4 Å². The summed E-state index contributed by atoms with van der Waals surface area (Å²) in [5, 5.41) is 2.02. The zero-order valence-electron chi connectivity index (χ0n) is 12.2. The molecule has 0 spiro atoms. The molecule has 6 heteroatoms. The molecule has 0 saturated carbocycles. The number of hydrogen-bond donors (Lipinski definition) is 0. The molecule has 0 radical (unpaired) electrons. The third-order valence-corrected chi connectivity index (χ3v) is 6.22. The lowest BCUT2D eigenvalue weighted by Crippen LogP contribution is -2.49. The first-order valence-electron chi connectivity index (χ1n) is 7.34. The van der Waals surface area contributed by atoms with E-state index in [0.717, 1.165) is 29.5 Å². The maximum Gasteiger partial charge on any atom is 0.228 e. The highest BCUT2D eigenvalue weighted by Crippen LogP contribution is 2.39. The van der Waals surface area contributed by atoms with Gasteiger partial charge in [-0.05, 0) is 17.9 Å². The summed E-state index contributed by atoms with van der Waals surface area (Å²) in [6.45, 7) is 1.68. The van der Waals surface area contributed by atoms with Gasteiger partial charge in [0.25, 0.3) is 0 Å². The van der Waals surface area contributed by atoms with Gasteiger partial charge in [-0.2, -0.15) is 11.8 Å². The molecular weight excluding hydrogens is 304 g/mol. The number of thiophene rings is 1. The van der Waals surface area contributed by atoms with Gasteiger partial charge in [0.1, 0.15) is 0 Å². The Labute approximate surface area is 133 Å². The molecule has 0 bridgehead atoms. The molecule has 0 unspecified atom stereocenters. The van der Waals surface area contributed by atoms with Crippen molar-refractivity contribution in [2.45, 2.75) is 18.9 Å². The lowest BCUT2D eigenvalue weighted by atomic mass is 9.86. The lowest BCUT2D eigenvalue weighted by molar-refractivity contribution is -0.146. The summed E-state index contributed by atoms with van der Waals surface area (Å²) >= 11 is 3.54. The normalized spacial score (nSPS) is 27.0. The van der Waals surface area contributed by atoms with Gasteiger partial charge in [-0.15, -0.1) is 11.3 Å². The quantitative estimate of drug-likeness (QED) is 0.838. The number of nitrogens with zero attached hydrogens (tertiary/aromatic N) is 2. The van der Waals surface area contributed by atoms with Crippen molar-refractivity contribution < 1.29 is 9.59 Å². The van der Waals surface area contributed by atoms with Crippen LogP contribution in [0.15, 0.2) is 17.5 Å². The number of thioether (sulfide) groups is 1. The molecule has 2 atom stereocenters. The zero-order chi connectivity index (χ0) is 14.8. The molecule has 4 nitrogen and oxygen atoms in total. The lowest BCUT2D eigenvalue weighted by Gasteiger charge is -2.40. The Bertz CT molecular complexity index is 512. The van der Waals surface area contributed by atoms with E-state index in [0.29, 0.717) is 12.8 Å². The van der Waals surface area contributed by atoms with Crippen LogP contribution in [-0.4, -0.2) is 53.3 Å². The van der Waals surface area contributed by atoms with Crippen molar-refractivity contribution in [3.63, 3.8) is 0 Å². The molecule has 114 valence electrons. The molecule has 2 aliphatic rings. The highest BCUT2D eigenvalue weighted by molar-refractivity contribution is 7.99. The van der Waals surface area contributed by atoms with Crippen LogP contribution in [0.4, 0.5) is 0 Å². The maximum absolute atomic E-state index is 12.9. The number of carbonyl (C=O) groups excluding carboxylic acids is 2. The van der Waals surface area contributed by atoms with Crippen LogP contribution >= 0.6 is 23.1 Å². The fraction of sp³-hybridized carbons (Fsp3) is 0.600. The smallest absolute Gasteiger partial charge is 0.228 e. The Morgan fingerprint density at radius 2 is 2.10 bits per heavy atom. The highest BCUT2D eigenvalue weighted by atomic mass is 32.2.